The van der Waals surface area contributed by atoms with E-state index in [1.165, 1.54) is 12.1 Å². The molecule has 192 valence electrons. The van der Waals surface area contributed by atoms with Crippen LogP contribution in [0.15, 0.2) is 30.5 Å². The minimum absolute atomic E-state index is 0.0548. The van der Waals surface area contributed by atoms with Crippen LogP contribution in [0.3, 0.4) is 0 Å². The Morgan fingerprint density at radius 1 is 1.17 bits per heavy atom. The molecule has 1 aliphatic carbocycles. The lowest BCUT2D eigenvalue weighted by Crippen LogP contribution is -2.59. The van der Waals surface area contributed by atoms with Gasteiger partial charge in [-0.05, 0) is 70.5 Å². The highest BCUT2D eigenvalue weighted by Gasteiger charge is 2.55. The molecule has 4 aliphatic rings. The highest BCUT2D eigenvalue weighted by atomic mass is 16.3. The quantitative estimate of drug-likeness (QED) is 0.587. The van der Waals surface area contributed by atoms with Gasteiger partial charge in [0.1, 0.15) is 12.0 Å². The number of aliphatic hydroxyl groups is 1. The molecule has 0 radical (unpaired) electrons. The van der Waals surface area contributed by atoms with Gasteiger partial charge in [-0.15, -0.1) is 0 Å². The molecule has 3 aliphatic heterocycles. The van der Waals surface area contributed by atoms with Crippen LogP contribution in [0.25, 0.3) is 0 Å². The molecule has 0 bridgehead atoms. The first-order valence-corrected chi connectivity index (χ1v) is 13.3. The summed E-state index contributed by atoms with van der Waals surface area (Å²) in [7, 11) is 4.30. The molecule has 2 unspecified atom stereocenters. The number of carbonyl (C=O) groups is 1. The molecule has 4 heterocycles. The number of aromatic nitrogens is 2. The summed E-state index contributed by atoms with van der Waals surface area (Å²) < 4.78 is 0. The molecule has 3 atom stereocenters. The number of hydrogen-bond acceptors (Lipinski definition) is 8. The molecule has 2 aromatic rings. The molecule has 1 amide bonds. The van der Waals surface area contributed by atoms with Gasteiger partial charge in [-0.2, -0.15) is 4.98 Å². The number of fused-ring (bicyclic) bond motifs is 1. The second-order valence-corrected chi connectivity index (χ2v) is 11.1. The second-order valence-electron chi connectivity index (χ2n) is 11.1. The van der Waals surface area contributed by atoms with Crippen LogP contribution in [0.4, 0.5) is 23.1 Å². The lowest BCUT2D eigenvalue weighted by atomic mass is 9.75. The standard InChI is InChI=1S/C27H37N7O2/c1-32(2)22-11-14-33(17-22)20-9-7-19(8-10-20)30-26-29-16-18-15-27(12-13-28-24(27)35)25(36)34(23(18)31-26)21-5-3-4-6-21/h7-10,16,21-22,25,36H,3-6,11-15,17H2,1-2H3,(H,28,35)(H,29,30,31)/t22-,25?,27?/m0/s1. The van der Waals surface area contributed by atoms with Crippen molar-refractivity contribution in [2.45, 2.75) is 63.3 Å². The first-order chi connectivity index (χ1) is 17.4. The van der Waals surface area contributed by atoms with Crippen molar-refractivity contribution in [3.05, 3.63) is 36.0 Å². The number of aliphatic hydroxyl groups excluding tert-OH is 1. The highest BCUT2D eigenvalue weighted by Crippen LogP contribution is 2.46. The molecule has 36 heavy (non-hydrogen) atoms. The maximum atomic E-state index is 12.9. The monoisotopic (exact) mass is 491 g/mol. The number of nitrogens with zero attached hydrogens (tertiary/aromatic N) is 5. The number of nitrogens with one attached hydrogen (secondary N) is 2. The zero-order valence-electron chi connectivity index (χ0n) is 21.3. The van der Waals surface area contributed by atoms with Crippen LogP contribution in [0.1, 0.15) is 44.1 Å². The molecule has 1 aromatic heterocycles. The first-order valence-electron chi connectivity index (χ1n) is 13.3. The average Bonchev–Trinajstić information content (AvgIpc) is 3.64. The summed E-state index contributed by atoms with van der Waals surface area (Å²) in [5.74, 6) is 1.22. The molecule has 2 saturated heterocycles. The van der Waals surface area contributed by atoms with E-state index in [1.54, 1.807) is 0 Å². The van der Waals surface area contributed by atoms with Crippen molar-refractivity contribution in [2.24, 2.45) is 5.41 Å². The van der Waals surface area contributed by atoms with Crippen LogP contribution in [0.2, 0.25) is 0 Å². The summed E-state index contributed by atoms with van der Waals surface area (Å²) in [4.78, 5) is 29.1. The van der Waals surface area contributed by atoms with Gasteiger partial charge in [-0.3, -0.25) is 4.79 Å². The van der Waals surface area contributed by atoms with E-state index in [9.17, 15) is 9.90 Å². The zero-order valence-corrected chi connectivity index (χ0v) is 21.3. The topological polar surface area (TPSA) is 96.9 Å². The van der Waals surface area contributed by atoms with Gasteiger partial charge >= 0.3 is 0 Å². The molecule has 1 spiro atoms. The van der Waals surface area contributed by atoms with Crippen molar-refractivity contribution < 1.29 is 9.90 Å². The van der Waals surface area contributed by atoms with Crippen molar-refractivity contribution in [3.8, 4) is 0 Å². The number of hydrogen-bond donors (Lipinski definition) is 3. The van der Waals surface area contributed by atoms with Crippen molar-refractivity contribution >= 4 is 29.0 Å². The van der Waals surface area contributed by atoms with Crippen molar-refractivity contribution in [2.75, 3.05) is 48.8 Å². The van der Waals surface area contributed by atoms with Crippen LogP contribution in [0, 0.1) is 5.41 Å². The average molecular weight is 492 g/mol. The Morgan fingerprint density at radius 3 is 2.61 bits per heavy atom. The lowest BCUT2D eigenvalue weighted by Gasteiger charge is -2.47. The second kappa shape index (κ2) is 9.19. The van der Waals surface area contributed by atoms with Gasteiger partial charge in [-0.1, -0.05) is 12.8 Å². The number of carbonyl (C=O) groups excluding carboxylic acids is 1. The van der Waals surface area contributed by atoms with Gasteiger partial charge in [0.05, 0.1) is 5.41 Å². The molecule has 9 nitrogen and oxygen atoms in total. The van der Waals surface area contributed by atoms with E-state index in [0.29, 0.717) is 31.4 Å². The van der Waals surface area contributed by atoms with Crippen LogP contribution in [-0.4, -0.2) is 77.9 Å². The third-order valence-corrected chi connectivity index (χ3v) is 8.76. The minimum Gasteiger partial charge on any atom is -0.372 e. The van der Waals surface area contributed by atoms with E-state index in [4.69, 9.17) is 4.98 Å². The van der Waals surface area contributed by atoms with Crippen molar-refractivity contribution in [1.29, 1.82) is 0 Å². The summed E-state index contributed by atoms with van der Waals surface area (Å²) in [5, 5.41) is 17.8. The van der Waals surface area contributed by atoms with Crippen LogP contribution < -0.4 is 20.4 Å². The molecule has 9 heteroatoms. The van der Waals surface area contributed by atoms with Crippen LogP contribution >= 0.6 is 0 Å². The van der Waals surface area contributed by atoms with Crippen molar-refractivity contribution in [3.63, 3.8) is 0 Å². The fraction of sp³-hybridized carbons (Fsp3) is 0.593. The number of likely N-dealkylation sites (N-methyl/N-ethyl adjacent to an activating group) is 1. The predicted octanol–water partition coefficient (Wildman–Crippen LogP) is 2.49. The van der Waals surface area contributed by atoms with Gasteiger partial charge in [0.2, 0.25) is 11.9 Å². The SMILES string of the molecule is CN(C)[C@H]1CCN(c2ccc(Nc3ncc4c(n3)N(C3CCCC3)C(O)C3(CCNC3=O)C4)cc2)C1. The Hall–Kier alpha value is -2.91. The predicted molar refractivity (Wildman–Crippen MR) is 141 cm³/mol. The highest BCUT2D eigenvalue weighted by molar-refractivity contribution is 5.87. The van der Waals surface area contributed by atoms with Gasteiger partial charge in [0.15, 0.2) is 0 Å². The Balaban J connectivity index is 1.24. The summed E-state index contributed by atoms with van der Waals surface area (Å²) in [5.41, 5.74) is 2.28. The smallest absolute Gasteiger partial charge is 0.231 e. The van der Waals surface area contributed by atoms with E-state index >= 15 is 0 Å². The summed E-state index contributed by atoms with van der Waals surface area (Å²) in [6.07, 6.45) is 7.54. The summed E-state index contributed by atoms with van der Waals surface area (Å²) in [6, 6.07) is 9.23. The van der Waals surface area contributed by atoms with E-state index in [2.05, 4.69) is 63.8 Å². The van der Waals surface area contributed by atoms with Crippen LogP contribution in [0.5, 0.6) is 0 Å². The molecule has 1 saturated carbocycles. The maximum absolute atomic E-state index is 12.9. The van der Waals surface area contributed by atoms with E-state index in [-0.39, 0.29) is 11.9 Å². The van der Waals surface area contributed by atoms with Gasteiger partial charge < -0.3 is 30.4 Å². The summed E-state index contributed by atoms with van der Waals surface area (Å²) in [6.45, 7) is 2.72. The van der Waals surface area contributed by atoms with Gasteiger partial charge in [0, 0.05) is 54.9 Å². The van der Waals surface area contributed by atoms with Gasteiger partial charge in [0.25, 0.3) is 0 Å². The molecule has 3 fully saturated rings. The largest absolute Gasteiger partial charge is 0.372 e. The number of benzene rings is 1. The minimum atomic E-state index is -0.871. The molecular formula is C27H37N7O2. The normalized spacial score (nSPS) is 28.3. The van der Waals surface area contributed by atoms with E-state index < -0.39 is 11.6 Å². The van der Waals surface area contributed by atoms with Gasteiger partial charge in [-0.25, -0.2) is 4.98 Å². The lowest BCUT2D eigenvalue weighted by molar-refractivity contribution is -0.134. The molecule has 3 N–H and O–H groups in total. The van der Waals surface area contributed by atoms with E-state index in [1.807, 2.05) is 11.1 Å². The number of anilines is 4. The molecular weight excluding hydrogens is 454 g/mol. The first kappa shape index (κ1) is 23.5. The Morgan fingerprint density at radius 2 is 1.94 bits per heavy atom. The van der Waals surface area contributed by atoms with E-state index in [0.717, 1.165) is 55.8 Å². The zero-order chi connectivity index (χ0) is 24.9. The maximum Gasteiger partial charge on any atom is 0.231 e. The molecule has 1 aromatic carbocycles. The Kier molecular flexibility index (Phi) is 6.00. The van der Waals surface area contributed by atoms with Crippen LogP contribution in [-0.2, 0) is 11.2 Å². The fourth-order valence-electron chi connectivity index (χ4n) is 6.56. The fourth-order valence-corrected chi connectivity index (χ4v) is 6.56. The third-order valence-electron chi connectivity index (χ3n) is 8.76. The Bertz CT molecular complexity index is 1120. The van der Waals surface area contributed by atoms with Crippen molar-refractivity contribution in [1.82, 2.24) is 20.2 Å². The number of amides is 1. The summed E-state index contributed by atoms with van der Waals surface area (Å²) >= 11 is 0. The third kappa shape index (κ3) is 3.98. The number of rotatable bonds is 5. The Labute approximate surface area is 212 Å². The molecule has 6 rings (SSSR count).